The summed E-state index contributed by atoms with van der Waals surface area (Å²) in [6, 6.07) is 23.6. The Balaban J connectivity index is 1.64. The lowest BCUT2D eigenvalue weighted by Gasteiger charge is -2.23. The maximum atomic E-state index is 13.2. The molecule has 0 heterocycles. The second-order valence-electron chi connectivity index (χ2n) is 7.01. The van der Waals surface area contributed by atoms with Crippen LogP contribution in [0.4, 0.5) is 4.39 Å². The van der Waals surface area contributed by atoms with Crippen molar-refractivity contribution in [1.82, 2.24) is 4.90 Å². The van der Waals surface area contributed by atoms with Crippen LogP contribution >= 0.6 is 0 Å². The molecule has 4 heteroatoms. The van der Waals surface area contributed by atoms with Gasteiger partial charge >= 0.3 is 0 Å². The first-order valence-electron chi connectivity index (χ1n) is 9.96. The van der Waals surface area contributed by atoms with Crippen LogP contribution in [0.25, 0.3) is 0 Å². The van der Waals surface area contributed by atoms with E-state index in [9.17, 15) is 9.18 Å². The normalized spacial score (nSPS) is 10.6. The molecule has 3 aromatic carbocycles. The highest BCUT2D eigenvalue weighted by Gasteiger charge is 2.16. The molecule has 0 aliphatic carbocycles. The Labute approximate surface area is 171 Å². The average molecular weight is 391 g/mol. The number of unbranched alkanes of at least 4 members (excludes halogenated alkanes) is 1. The van der Waals surface area contributed by atoms with Gasteiger partial charge in [-0.15, -0.1) is 0 Å². The number of carbonyl (C=O) groups is 1. The van der Waals surface area contributed by atoms with Gasteiger partial charge in [-0.1, -0.05) is 55.8 Å². The molecule has 0 radical (unpaired) electrons. The molecule has 0 N–H and O–H groups in total. The molecule has 0 aliphatic rings. The molecule has 29 heavy (non-hydrogen) atoms. The minimum Gasteiger partial charge on any atom is -0.489 e. The van der Waals surface area contributed by atoms with Crippen molar-refractivity contribution < 1.29 is 13.9 Å². The van der Waals surface area contributed by atoms with E-state index in [-0.39, 0.29) is 11.7 Å². The highest BCUT2D eigenvalue weighted by Crippen LogP contribution is 2.17. The smallest absolute Gasteiger partial charge is 0.254 e. The van der Waals surface area contributed by atoms with E-state index in [1.165, 1.54) is 24.3 Å². The van der Waals surface area contributed by atoms with Crippen LogP contribution in [0.1, 0.15) is 41.3 Å². The van der Waals surface area contributed by atoms with Gasteiger partial charge in [-0.25, -0.2) is 4.39 Å². The number of carbonyl (C=O) groups excluding carboxylic acids is 1. The van der Waals surface area contributed by atoms with Crippen molar-refractivity contribution in [2.24, 2.45) is 0 Å². The van der Waals surface area contributed by atoms with Crippen molar-refractivity contribution in [3.63, 3.8) is 0 Å². The Bertz CT molecular complexity index is 892. The van der Waals surface area contributed by atoms with Gasteiger partial charge in [0.1, 0.15) is 18.2 Å². The maximum absolute atomic E-state index is 13.2. The summed E-state index contributed by atoms with van der Waals surface area (Å²) in [7, 11) is 0. The number of halogens is 1. The van der Waals surface area contributed by atoms with Crippen molar-refractivity contribution in [2.75, 3.05) is 6.54 Å². The highest BCUT2D eigenvalue weighted by molar-refractivity contribution is 5.94. The summed E-state index contributed by atoms with van der Waals surface area (Å²) < 4.78 is 19.0. The number of ether oxygens (including phenoxy) is 1. The van der Waals surface area contributed by atoms with E-state index in [0.717, 1.165) is 29.7 Å². The average Bonchev–Trinajstić information content (AvgIpc) is 2.77. The number of amides is 1. The van der Waals surface area contributed by atoms with Crippen molar-refractivity contribution >= 4 is 5.91 Å². The SMILES string of the molecule is CCCCN(Cc1ccc(OCc2ccccc2)cc1)C(=O)c1ccc(F)cc1. The third kappa shape index (κ3) is 6.18. The van der Waals surface area contributed by atoms with Gasteiger partial charge in [-0.3, -0.25) is 4.79 Å². The van der Waals surface area contributed by atoms with E-state index in [1.807, 2.05) is 59.5 Å². The molecule has 150 valence electrons. The molecule has 0 saturated carbocycles. The zero-order valence-corrected chi connectivity index (χ0v) is 16.7. The Morgan fingerprint density at radius 3 is 2.24 bits per heavy atom. The maximum Gasteiger partial charge on any atom is 0.254 e. The summed E-state index contributed by atoms with van der Waals surface area (Å²) in [5, 5.41) is 0. The van der Waals surface area contributed by atoms with E-state index in [1.54, 1.807) is 0 Å². The molecule has 3 rings (SSSR count). The van der Waals surface area contributed by atoms with Crippen LogP contribution in [-0.2, 0) is 13.2 Å². The van der Waals surface area contributed by atoms with Crippen LogP contribution < -0.4 is 4.74 Å². The molecule has 0 unspecified atom stereocenters. The van der Waals surface area contributed by atoms with E-state index in [4.69, 9.17) is 4.74 Å². The summed E-state index contributed by atoms with van der Waals surface area (Å²) >= 11 is 0. The molecule has 3 aromatic rings. The Morgan fingerprint density at radius 1 is 0.897 bits per heavy atom. The minimum atomic E-state index is -0.340. The number of hydrogen-bond acceptors (Lipinski definition) is 2. The quantitative estimate of drug-likeness (QED) is 0.458. The summed E-state index contributed by atoms with van der Waals surface area (Å²) in [4.78, 5) is 14.7. The molecule has 0 atom stereocenters. The van der Waals surface area contributed by atoms with Crippen LogP contribution in [0.2, 0.25) is 0 Å². The highest BCUT2D eigenvalue weighted by atomic mass is 19.1. The fourth-order valence-corrected chi connectivity index (χ4v) is 3.03. The molecular formula is C25H26FNO2. The lowest BCUT2D eigenvalue weighted by Crippen LogP contribution is -2.31. The molecular weight excluding hydrogens is 365 g/mol. The van der Waals surface area contributed by atoms with Gasteiger partial charge in [0.05, 0.1) is 0 Å². The summed E-state index contributed by atoms with van der Waals surface area (Å²) in [6.45, 7) is 3.79. The number of benzene rings is 3. The molecule has 0 bridgehead atoms. The fraction of sp³-hybridized carbons (Fsp3) is 0.240. The summed E-state index contributed by atoms with van der Waals surface area (Å²) in [5.74, 6) is 0.373. The Morgan fingerprint density at radius 2 is 1.59 bits per heavy atom. The fourth-order valence-electron chi connectivity index (χ4n) is 3.03. The van der Waals surface area contributed by atoms with Crippen LogP contribution in [0.5, 0.6) is 5.75 Å². The van der Waals surface area contributed by atoms with Crippen LogP contribution in [0, 0.1) is 5.82 Å². The van der Waals surface area contributed by atoms with Crippen LogP contribution in [0.15, 0.2) is 78.9 Å². The van der Waals surface area contributed by atoms with E-state index < -0.39 is 0 Å². The molecule has 0 aromatic heterocycles. The number of nitrogens with zero attached hydrogens (tertiary/aromatic N) is 1. The van der Waals surface area contributed by atoms with Gasteiger partial charge in [-0.05, 0) is 53.9 Å². The topological polar surface area (TPSA) is 29.5 Å². The molecule has 0 saturated heterocycles. The van der Waals surface area contributed by atoms with Gasteiger partial charge in [0, 0.05) is 18.7 Å². The Hall–Kier alpha value is -3.14. The molecule has 0 spiro atoms. The standard InChI is InChI=1S/C25H26FNO2/c1-2-3-17-27(25(28)22-11-13-23(26)14-12-22)18-20-9-15-24(16-10-20)29-19-21-7-5-4-6-8-21/h4-16H,2-3,17-19H2,1H3. The second kappa shape index (κ2) is 10.4. The third-order valence-corrected chi connectivity index (χ3v) is 4.71. The lowest BCUT2D eigenvalue weighted by molar-refractivity contribution is 0.0740. The predicted molar refractivity (Wildman–Crippen MR) is 113 cm³/mol. The van der Waals surface area contributed by atoms with Gasteiger partial charge in [0.15, 0.2) is 0 Å². The Kier molecular flexibility index (Phi) is 7.40. The zero-order valence-electron chi connectivity index (χ0n) is 16.7. The predicted octanol–water partition coefficient (Wildman–Crippen LogP) is 5.85. The third-order valence-electron chi connectivity index (χ3n) is 4.71. The van der Waals surface area contributed by atoms with Crippen molar-refractivity contribution in [2.45, 2.75) is 32.9 Å². The van der Waals surface area contributed by atoms with Gasteiger partial charge in [-0.2, -0.15) is 0 Å². The first-order chi connectivity index (χ1) is 14.2. The second-order valence-corrected chi connectivity index (χ2v) is 7.01. The monoisotopic (exact) mass is 391 g/mol. The lowest BCUT2D eigenvalue weighted by atomic mass is 10.1. The van der Waals surface area contributed by atoms with Crippen LogP contribution in [-0.4, -0.2) is 17.4 Å². The molecule has 1 amide bonds. The van der Waals surface area contributed by atoms with Gasteiger partial charge in [0.2, 0.25) is 0 Å². The van der Waals surface area contributed by atoms with Gasteiger partial charge < -0.3 is 9.64 Å². The summed E-state index contributed by atoms with van der Waals surface area (Å²) in [6.07, 6.45) is 1.92. The summed E-state index contributed by atoms with van der Waals surface area (Å²) in [5.41, 5.74) is 2.65. The van der Waals surface area contributed by atoms with Crippen molar-refractivity contribution in [3.8, 4) is 5.75 Å². The van der Waals surface area contributed by atoms with E-state index in [0.29, 0.717) is 25.3 Å². The molecule has 0 aliphatic heterocycles. The molecule has 0 fully saturated rings. The first-order valence-corrected chi connectivity index (χ1v) is 9.96. The van der Waals surface area contributed by atoms with Gasteiger partial charge in [0.25, 0.3) is 5.91 Å². The zero-order chi connectivity index (χ0) is 20.5. The van der Waals surface area contributed by atoms with Crippen molar-refractivity contribution in [3.05, 3.63) is 101 Å². The van der Waals surface area contributed by atoms with Crippen LogP contribution in [0.3, 0.4) is 0 Å². The van der Waals surface area contributed by atoms with E-state index >= 15 is 0 Å². The largest absolute Gasteiger partial charge is 0.489 e. The molecule has 3 nitrogen and oxygen atoms in total. The number of hydrogen-bond donors (Lipinski definition) is 0. The van der Waals surface area contributed by atoms with Crippen molar-refractivity contribution in [1.29, 1.82) is 0 Å². The number of rotatable bonds is 9. The minimum absolute atomic E-state index is 0.0807. The first kappa shape index (κ1) is 20.6. The van der Waals surface area contributed by atoms with E-state index in [2.05, 4.69) is 6.92 Å².